The Balaban J connectivity index is 2.51. The third-order valence-corrected chi connectivity index (χ3v) is 3.22. The van der Waals surface area contributed by atoms with Crippen molar-refractivity contribution in [3.8, 4) is 16.9 Å². The van der Waals surface area contributed by atoms with Crippen molar-refractivity contribution in [1.82, 2.24) is 0 Å². The van der Waals surface area contributed by atoms with Crippen LogP contribution in [0.4, 0.5) is 15.3 Å². The summed E-state index contributed by atoms with van der Waals surface area (Å²) in [5, 5.41) is 9.44. The molecule has 0 saturated heterocycles. The number of imide groups is 1. The monoisotopic (exact) mass is 329 g/mol. The number of hydrogen-bond donors (Lipinski definition) is 1. The van der Waals surface area contributed by atoms with E-state index in [0.717, 1.165) is 10.5 Å². The number of anilines is 1. The molecule has 6 heteroatoms. The van der Waals surface area contributed by atoms with Gasteiger partial charge in [-0.1, -0.05) is 30.3 Å². The Labute approximate surface area is 140 Å². The number of hydrogen-bond acceptors (Lipinski definition) is 5. The van der Waals surface area contributed by atoms with E-state index in [2.05, 4.69) is 0 Å². The van der Waals surface area contributed by atoms with Gasteiger partial charge in [0.2, 0.25) is 0 Å². The number of carbonyl (C=O) groups excluding carboxylic acids is 2. The molecule has 0 aliphatic carbocycles. The van der Waals surface area contributed by atoms with Crippen molar-refractivity contribution in [3.63, 3.8) is 0 Å². The lowest BCUT2D eigenvalue weighted by Gasteiger charge is -2.22. The van der Waals surface area contributed by atoms with Crippen LogP contribution in [0.25, 0.3) is 11.1 Å². The van der Waals surface area contributed by atoms with E-state index < -0.39 is 12.2 Å². The van der Waals surface area contributed by atoms with Crippen LogP contribution in [0.2, 0.25) is 0 Å². The molecular formula is C18H19NO5. The molecule has 0 atom stereocenters. The van der Waals surface area contributed by atoms with Crippen molar-refractivity contribution in [1.29, 1.82) is 0 Å². The Morgan fingerprint density at radius 1 is 0.917 bits per heavy atom. The van der Waals surface area contributed by atoms with Crippen molar-refractivity contribution in [2.75, 3.05) is 18.1 Å². The topological polar surface area (TPSA) is 76.1 Å². The molecule has 2 amide bonds. The average molecular weight is 329 g/mol. The van der Waals surface area contributed by atoms with Gasteiger partial charge in [-0.05, 0) is 37.6 Å². The molecule has 2 aromatic rings. The lowest BCUT2D eigenvalue weighted by molar-refractivity contribution is 0.140. The Hall–Kier alpha value is -3.02. The van der Waals surface area contributed by atoms with Gasteiger partial charge in [-0.3, -0.25) is 0 Å². The van der Waals surface area contributed by atoms with Crippen LogP contribution in [0.3, 0.4) is 0 Å². The maximum Gasteiger partial charge on any atom is 0.424 e. The van der Waals surface area contributed by atoms with Crippen LogP contribution in [0.15, 0.2) is 48.5 Å². The van der Waals surface area contributed by atoms with Crippen molar-refractivity contribution >= 4 is 17.9 Å². The first-order chi connectivity index (χ1) is 11.6. The number of rotatable bonds is 4. The molecule has 0 unspecified atom stereocenters. The predicted octanol–water partition coefficient (Wildman–Crippen LogP) is 4.18. The molecule has 6 nitrogen and oxygen atoms in total. The standard InChI is InChI=1S/C18H19NO5/c1-3-23-17(21)19(18(22)24-4-2)16-8-6-5-7-15(16)13-9-11-14(20)12-10-13/h5-12,20H,3-4H2,1-2H3. The molecule has 0 saturated carbocycles. The molecule has 1 N–H and O–H groups in total. The minimum atomic E-state index is -0.804. The molecule has 0 radical (unpaired) electrons. The van der Waals surface area contributed by atoms with Gasteiger partial charge in [0.15, 0.2) is 0 Å². The van der Waals surface area contributed by atoms with Gasteiger partial charge in [0, 0.05) is 5.56 Å². The Morgan fingerprint density at radius 2 is 1.46 bits per heavy atom. The summed E-state index contributed by atoms with van der Waals surface area (Å²) in [6.07, 6.45) is -1.61. The van der Waals surface area contributed by atoms with E-state index in [4.69, 9.17) is 9.47 Å². The normalized spacial score (nSPS) is 10.1. The van der Waals surface area contributed by atoms with Crippen molar-refractivity contribution in [2.45, 2.75) is 13.8 Å². The van der Waals surface area contributed by atoms with Crippen molar-refractivity contribution in [2.24, 2.45) is 0 Å². The quantitative estimate of drug-likeness (QED) is 0.910. The van der Waals surface area contributed by atoms with Gasteiger partial charge in [-0.25, -0.2) is 9.59 Å². The van der Waals surface area contributed by atoms with Gasteiger partial charge < -0.3 is 14.6 Å². The maximum absolute atomic E-state index is 12.3. The molecule has 24 heavy (non-hydrogen) atoms. The van der Waals surface area contributed by atoms with Crippen LogP contribution in [-0.2, 0) is 9.47 Å². The summed E-state index contributed by atoms with van der Waals surface area (Å²) in [4.78, 5) is 25.4. The van der Waals surface area contributed by atoms with Crippen LogP contribution in [0, 0.1) is 0 Å². The van der Waals surface area contributed by atoms with Crippen molar-refractivity contribution < 1.29 is 24.2 Å². The highest BCUT2D eigenvalue weighted by molar-refractivity contribution is 6.11. The van der Waals surface area contributed by atoms with E-state index in [9.17, 15) is 14.7 Å². The summed E-state index contributed by atoms with van der Waals surface area (Å²) in [6.45, 7) is 3.59. The van der Waals surface area contributed by atoms with Crippen LogP contribution >= 0.6 is 0 Å². The highest BCUT2D eigenvalue weighted by Crippen LogP contribution is 2.32. The largest absolute Gasteiger partial charge is 0.508 e. The van der Waals surface area contributed by atoms with E-state index in [0.29, 0.717) is 11.3 Å². The van der Waals surface area contributed by atoms with Crippen LogP contribution < -0.4 is 4.90 Å². The average Bonchev–Trinajstić information content (AvgIpc) is 2.57. The zero-order chi connectivity index (χ0) is 17.5. The Kier molecular flexibility index (Phi) is 5.78. The number of carbonyl (C=O) groups is 2. The summed E-state index contributed by atoms with van der Waals surface area (Å²) in [5.41, 5.74) is 1.72. The SMILES string of the molecule is CCOC(=O)N(C(=O)OCC)c1ccccc1-c1ccc(O)cc1. The lowest BCUT2D eigenvalue weighted by Crippen LogP contribution is -2.38. The molecule has 126 valence electrons. The summed E-state index contributed by atoms with van der Waals surface area (Å²) in [5.74, 6) is 0.129. The van der Waals surface area contributed by atoms with E-state index >= 15 is 0 Å². The highest BCUT2D eigenvalue weighted by atomic mass is 16.6. The zero-order valence-corrected chi connectivity index (χ0v) is 13.6. The van der Waals surface area contributed by atoms with E-state index in [1.165, 1.54) is 12.1 Å². The van der Waals surface area contributed by atoms with E-state index in [-0.39, 0.29) is 19.0 Å². The first-order valence-electron chi connectivity index (χ1n) is 7.60. The summed E-state index contributed by atoms with van der Waals surface area (Å²) < 4.78 is 9.96. The third-order valence-electron chi connectivity index (χ3n) is 3.22. The van der Waals surface area contributed by atoms with Gasteiger partial charge in [-0.15, -0.1) is 0 Å². The number of phenols is 1. The number of phenolic OH excluding ortho intramolecular Hbond substituents is 1. The molecule has 0 fully saturated rings. The summed E-state index contributed by atoms with van der Waals surface area (Å²) in [7, 11) is 0. The minimum Gasteiger partial charge on any atom is -0.508 e. The van der Waals surface area contributed by atoms with Gasteiger partial charge in [0.05, 0.1) is 18.9 Å². The van der Waals surface area contributed by atoms with Gasteiger partial charge >= 0.3 is 12.2 Å². The number of para-hydroxylation sites is 1. The van der Waals surface area contributed by atoms with E-state index in [1.54, 1.807) is 50.2 Å². The fraction of sp³-hybridized carbons (Fsp3) is 0.222. The van der Waals surface area contributed by atoms with Gasteiger partial charge in [-0.2, -0.15) is 4.90 Å². The smallest absolute Gasteiger partial charge is 0.424 e. The molecule has 0 aliphatic rings. The number of aromatic hydroxyl groups is 1. The lowest BCUT2D eigenvalue weighted by atomic mass is 10.0. The molecule has 2 rings (SSSR count). The van der Waals surface area contributed by atoms with Gasteiger partial charge in [0.1, 0.15) is 5.75 Å². The zero-order valence-electron chi connectivity index (χ0n) is 13.6. The number of ether oxygens (including phenoxy) is 2. The first kappa shape index (κ1) is 17.3. The number of benzene rings is 2. The summed E-state index contributed by atoms with van der Waals surface area (Å²) >= 11 is 0. The fourth-order valence-electron chi connectivity index (χ4n) is 2.20. The highest BCUT2D eigenvalue weighted by Gasteiger charge is 2.28. The van der Waals surface area contributed by atoms with E-state index in [1.807, 2.05) is 0 Å². The molecular weight excluding hydrogens is 310 g/mol. The molecule has 0 aliphatic heterocycles. The van der Waals surface area contributed by atoms with Crippen LogP contribution in [0.1, 0.15) is 13.8 Å². The van der Waals surface area contributed by atoms with Crippen LogP contribution in [0.5, 0.6) is 5.75 Å². The van der Waals surface area contributed by atoms with Gasteiger partial charge in [0.25, 0.3) is 0 Å². The van der Waals surface area contributed by atoms with Crippen molar-refractivity contribution in [3.05, 3.63) is 48.5 Å². The predicted molar refractivity (Wildman–Crippen MR) is 90.1 cm³/mol. The first-order valence-corrected chi connectivity index (χ1v) is 7.60. The second-order valence-corrected chi connectivity index (χ2v) is 4.80. The Morgan fingerprint density at radius 3 is 2.00 bits per heavy atom. The molecule has 2 aromatic carbocycles. The Bertz CT molecular complexity index is 694. The molecule has 0 spiro atoms. The number of nitrogens with zero attached hydrogens (tertiary/aromatic N) is 1. The summed E-state index contributed by atoms with van der Waals surface area (Å²) in [6, 6.07) is 13.4. The molecule has 0 heterocycles. The second kappa shape index (κ2) is 8.01. The second-order valence-electron chi connectivity index (χ2n) is 4.80. The minimum absolute atomic E-state index is 0.129. The molecule has 0 bridgehead atoms. The number of amides is 2. The fourth-order valence-corrected chi connectivity index (χ4v) is 2.20. The third kappa shape index (κ3) is 3.84. The maximum atomic E-state index is 12.3. The van der Waals surface area contributed by atoms with Crippen LogP contribution in [-0.4, -0.2) is 30.5 Å². The molecule has 0 aromatic heterocycles.